The number of carbonyl (C=O) groups excluding carboxylic acids is 1. The summed E-state index contributed by atoms with van der Waals surface area (Å²) in [5.74, 6) is 0. The zero-order valence-corrected chi connectivity index (χ0v) is 10.1. The lowest BCUT2D eigenvalue weighted by Gasteiger charge is -2.25. The van der Waals surface area contributed by atoms with E-state index in [4.69, 9.17) is 5.73 Å². The fourth-order valence-electron chi connectivity index (χ4n) is 2.32. The van der Waals surface area contributed by atoms with Gasteiger partial charge in [0.05, 0.1) is 0 Å². The van der Waals surface area contributed by atoms with E-state index in [-0.39, 0.29) is 6.04 Å². The van der Waals surface area contributed by atoms with Gasteiger partial charge in [0.15, 0.2) is 0 Å². The van der Waals surface area contributed by atoms with Crippen molar-refractivity contribution in [3.63, 3.8) is 0 Å². The molecule has 0 heterocycles. The Hall–Kier alpha value is -0.610. The Labute approximate surface area is 98.3 Å². The molecule has 1 atom stereocenters. The van der Waals surface area contributed by atoms with Gasteiger partial charge in [-0.3, -0.25) is 4.79 Å². The number of hydrogen-bond donors (Lipinski definition) is 3. The van der Waals surface area contributed by atoms with Gasteiger partial charge >= 0.3 is 0 Å². The van der Waals surface area contributed by atoms with Crippen molar-refractivity contribution in [1.29, 1.82) is 0 Å². The van der Waals surface area contributed by atoms with Crippen molar-refractivity contribution < 1.29 is 4.79 Å². The summed E-state index contributed by atoms with van der Waals surface area (Å²) in [6, 6.07) is 0.894. The molecule has 0 aromatic rings. The van der Waals surface area contributed by atoms with E-state index in [0.717, 1.165) is 25.8 Å². The van der Waals surface area contributed by atoms with E-state index in [2.05, 4.69) is 10.6 Å². The first kappa shape index (κ1) is 13.5. The van der Waals surface area contributed by atoms with Crippen LogP contribution in [0.5, 0.6) is 0 Å². The maximum Gasteiger partial charge on any atom is 0.207 e. The average Bonchev–Trinajstić information content (AvgIpc) is 2.34. The molecule has 1 saturated carbocycles. The average molecular weight is 227 g/mol. The predicted octanol–water partition coefficient (Wildman–Crippen LogP) is 0.762. The molecule has 0 aromatic carbocycles. The van der Waals surface area contributed by atoms with E-state index < -0.39 is 0 Å². The van der Waals surface area contributed by atoms with Gasteiger partial charge in [0.25, 0.3) is 0 Å². The molecular formula is C12H25N3O. The second-order valence-electron chi connectivity index (χ2n) is 4.66. The molecule has 0 bridgehead atoms. The Kier molecular flexibility index (Phi) is 7.17. The molecular weight excluding hydrogens is 202 g/mol. The molecule has 1 amide bonds. The minimum absolute atomic E-state index is 0.239. The number of carbonyl (C=O) groups is 1. The van der Waals surface area contributed by atoms with E-state index in [1.54, 1.807) is 0 Å². The zero-order chi connectivity index (χ0) is 11.6. The number of nitrogens with two attached hydrogens (primary N) is 1. The first-order valence-electron chi connectivity index (χ1n) is 6.50. The molecule has 1 aliphatic carbocycles. The molecule has 4 N–H and O–H groups in total. The van der Waals surface area contributed by atoms with Crippen LogP contribution >= 0.6 is 0 Å². The summed E-state index contributed by atoms with van der Waals surface area (Å²) in [4.78, 5) is 10.5. The minimum Gasteiger partial charge on any atom is -0.355 e. The summed E-state index contributed by atoms with van der Waals surface area (Å²) >= 11 is 0. The van der Waals surface area contributed by atoms with Gasteiger partial charge in [-0.05, 0) is 32.2 Å². The molecule has 1 unspecified atom stereocenters. The third-order valence-electron chi connectivity index (χ3n) is 3.32. The minimum atomic E-state index is 0.239. The highest BCUT2D eigenvalue weighted by atomic mass is 16.1. The van der Waals surface area contributed by atoms with E-state index in [9.17, 15) is 4.79 Å². The summed E-state index contributed by atoms with van der Waals surface area (Å²) in [5.41, 5.74) is 5.48. The van der Waals surface area contributed by atoms with Crippen LogP contribution in [0.4, 0.5) is 0 Å². The van der Waals surface area contributed by atoms with E-state index >= 15 is 0 Å². The lowest BCUT2D eigenvalue weighted by atomic mass is 9.95. The Balaban J connectivity index is 2.16. The fraction of sp³-hybridized carbons (Fsp3) is 0.917. The molecule has 4 nitrogen and oxygen atoms in total. The maximum atomic E-state index is 10.5. The van der Waals surface area contributed by atoms with Crippen molar-refractivity contribution in [2.24, 2.45) is 5.73 Å². The van der Waals surface area contributed by atoms with Crippen LogP contribution in [-0.2, 0) is 4.79 Å². The van der Waals surface area contributed by atoms with Gasteiger partial charge < -0.3 is 16.4 Å². The zero-order valence-electron chi connectivity index (χ0n) is 10.1. The summed E-state index contributed by atoms with van der Waals surface area (Å²) in [5, 5.41) is 6.41. The van der Waals surface area contributed by atoms with Crippen LogP contribution in [0, 0.1) is 0 Å². The van der Waals surface area contributed by atoms with Crippen molar-refractivity contribution in [1.82, 2.24) is 10.6 Å². The second kappa shape index (κ2) is 8.53. The van der Waals surface area contributed by atoms with Gasteiger partial charge in [-0.2, -0.15) is 0 Å². The van der Waals surface area contributed by atoms with Crippen LogP contribution < -0.4 is 16.4 Å². The predicted molar refractivity (Wildman–Crippen MR) is 66.2 cm³/mol. The van der Waals surface area contributed by atoms with Crippen molar-refractivity contribution in [3.05, 3.63) is 0 Å². The molecule has 1 rings (SSSR count). The van der Waals surface area contributed by atoms with Crippen molar-refractivity contribution in [2.75, 3.05) is 13.1 Å². The molecule has 16 heavy (non-hydrogen) atoms. The topological polar surface area (TPSA) is 67.2 Å². The van der Waals surface area contributed by atoms with Crippen LogP contribution in [0.3, 0.4) is 0 Å². The Morgan fingerprint density at radius 1 is 1.31 bits per heavy atom. The van der Waals surface area contributed by atoms with Crippen molar-refractivity contribution >= 4 is 6.41 Å². The Morgan fingerprint density at radius 3 is 2.69 bits per heavy atom. The summed E-state index contributed by atoms with van der Waals surface area (Å²) in [7, 11) is 0. The molecule has 1 fully saturated rings. The summed E-state index contributed by atoms with van der Waals surface area (Å²) in [6.07, 6.45) is 9.35. The normalized spacial score (nSPS) is 19.3. The molecule has 1 aliphatic rings. The molecule has 0 aliphatic heterocycles. The Morgan fingerprint density at radius 2 is 2.06 bits per heavy atom. The van der Waals surface area contributed by atoms with Crippen molar-refractivity contribution in [3.8, 4) is 0 Å². The van der Waals surface area contributed by atoms with Crippen LogP contribution in [0.2, 0.25) is 0 Å². The van der Waals surface area contributed by atoms with Crippen LogP contribution in [-0.4, -0.2) is 31.6 Å². The van der Waals surface area contributed by atoms with Crippen LogP contribution in [0.1, 0.15) is 44.9 Å². The van der Waals surface area contributed by atoms with E-state index in [0.29, 0.717) is 12.6 Å². The first-order chi connectivity index (χ1) is 7.86. The lowest BCUT2D eigenvalue weighted by molar-refractivity contribution is -0.110. The monoisotopic (exact) mass is 227 g/mol. The van der Waals surface area contributed by atoms with Gasteiger partial charge in [-0.25, -0.2) is 0 Å². The standard InChI is InChI=1S/C12H25N3O/c13-8-4-7-12(15-10-16)9-14-11-5-2-1-3-6-11/h10-12,14H,1-9,13H2,(H,15,16). The number of rotatable bonds is 8. The smallest absolute Gasteiger partial charge is 0.207 e. The number of nitrogens with one attached hydrogen (secondary N) is 2. The number of hydrogen-bond acceptors (Lipinski definition) is 3. The highest BCUT2D eigenvalue weighted by Crippen LogP contribution is 2.17. The van der Waals surface area contributed by atoms with Gasteiger partial charge in [-0.1, -0.05) is 19.3 Å². The maximum absolute atomic E-state index is 10.5. The molecule has 0 radical (unpaired) electrons. The highest BCUT2D eigenvalue weighted by molar-refractivity contribution is 5.46. The molecule has 0 spiro atoms. The molecule has 94 valence electrons. The molecule has 0 saturated heterocycles. The number of amides is 1. The Bertz CT molecular complexity index is 181. The summed E-state index contributed by atoms with van der Waals surface area (Å²) in [6.45, 7) is 1.57. The SMILES string of the molecule is NCCCC(CNC1CCCCC1)NC=O. The van der Waals surface area contributed by atoms with Gasteiger partial charge in [0.2, 0.25) is 6.41 Å². The second-order valence-corrected chi connectivity index (χ2v) is 4.66. The fourth-order valence-corrected chi connectivity index (χ4v) is 2.32. The van der Waals surface area contributed by atoms with Gasteiger partial charge in [-0.15, -0.1) is 0 Å². The third kappa shape index (κ3) is 5.47. The van der Waals surface area contributed by atoms with Gasteiger partial charge in [0, 0.05) is 18.6 Å². The largest absolute Gasteiger partial charge is 0.355 e. The quantitative estimate of drug-likeness (QED) is 0.536. The highest BCUT2D eigenvalue weighted by Gasteiger charge is 2.14. The van der Waals surface area contributed by atoms with Crippen LogP contribution in [0.25, 0.3) is 0 Å². The third-order valence-corrected chi connectivity index (χ3v) is 3.32. The molecule has 0 aromatic heterocycles. The van der Waals surface area contributed by atoms with Crippen molar-refractivity contribution in [2.45, 2.75) is 57.0 Å². The van der Waals surface area contributed by atoms with E-state index in [1.807, 2.05) is 0 Å². The lowest BCUT2D eigenvalue weighted by Crippen LogP contribution is -2.43. The molecule has 4 heteroatoms. The summed E-state index contributed by atoms with van der Waals surface area (Å²) < 4.78 is 0. The van der Waals surface area contributed by atoms with Crippen LogP contribution in [0.15, 0.2) is 0 Å². The van der Waals surface area contributed by atoms with E-state index in [1.165, 1.54) is 32.1 Å². The van der Waals surface area contributed by atoms with Gasteiger partial charge in [0.1, 0.15) is 0 Å². The first-order valence-corrected chi connectivity index (χ1v) is 6.50.